The van der Waals surface area contributed by atoms with E-state index in [0.717, 1.165) is 39.3 Å². The summed E-state index contributed by atoms with van der Waals surface area (Å²) in [6.45, 7) is 3.08. The highest BCUT2D eigenvalue weighted by molar-refractivity contribution is 9.11. The van der Waals surface area contributed by atoms with E-state index in [1.165, 1.54) is 0 Å². The molecule has 1 aromatic heterocycles. The first-order chi connectivity index (χ1) is 9.15. The van der Waals surface area contributed by atoms with Crippen molar-refractivity contribution in [2.24, 2.45) is 0 Å². The molecule has 0 aliphatic carbocycles. The summed E-state index contributed by atoms with van der Waals surface area (Å²) in [4.78, 5) is 4.33. The maximum atomic E-state index is 5.30. The standard InChI is InChI=1S/C13H15Br2N3O/c1-3-5-18-6-4-16-13(18)17-11-8-12(19-2)10(15)7-9(11)14/h4,6-8H,3,5H2,1-2H3,(H,16,17). The molecule has 1 heterocycles. The number of benzene rings is 1. The fraction of sp³-hybridized carbons (Fsp3) is 0.308. The van der Waals surface area contributed by atoms with Crippen LogP contribution in [0.4, 0.5) is 11.6 Å². The van der Waals surface area contributed by atoms with Crippen LogP contribution in [-0.4, -0.2) is 16.7 Å². The lowest BCUT2D eigenvalue weighted by atomic mass is 10.3. The van der Waals surface area contributed by atoms with Crippen molar-refractivity contribution in [2.45, 2.75) is 19.9 Å². The SMILES string of the molecule is CCCn1ccnc1Nc1cc(OC)c(Br)cc1Br. The molecular formula is C13H15Br2N3O. The van der Waals surface area contributed by atoms with E-state index in [2.05, 4.69) is 53.7 Å². The Labute approximate surface area is 129 Å². The zero-order chi connectivity index (χ0) is 13.8. The second kappa shape index (κ2) is 6.43. The number of aromatic nitrogens is 2. The van der Waals surface area contributed by atoms with E-state index in [9.17, 15) is 0 Å². The first kappa shape index (κ1) is 14.4. The molecule has 4 nitrogen and oxygen atoms in total. The van der Waals surface area contributed by atoms with Crippen LogP contribution in [0.2, 0.25) is 0 Å². The van der Waals surface area contributed by atoms with Crippen LogP contribution in [0.25, 0.3) is 0 Å². The third-order valence-corrected chi connectivity index (χ3v) is 3.94. The summed E-state index contributed by atoms with van der Waals surface area (Å²) in [6.07, 6.45) is 4.83. The number of aryl methyl sites for hydroxylation is 1. The molecule has 0 atom stereocenters. The molecule has 2 rings (SSSR count). The van der Waals surface area contributed by atoms with E-state index in [1.807, 2.05) is 18.3 Å². The summed E-state index contributed by atoms with van der Waals surface area (Å²) < 4.78 is 9.24. The van der Waals surface area contributed by atoms with Crippen LogP contribution in [0.3, 0.4) is 0 Å². The molecular weight excluding hydrogens is 374 g/mol. The van der Waals surface area contributed by atoms with Gasteiger partial charge in [0, 0.05) is 29.5 Å². The van der Waals surface area contributed by atoms with Gasteiger partial charge in [-0.15, -0.1) is 0 Å². The Morgan fingerprint density at radius 1 is 1.32 bits per heavy atom. The quantitative estimate of drug-likeness (QED) is 0.815. The normalized spacial score (nSPS) is 10.5. The lowest BCUT2D eigenvalue weighted by molar-refractivity contribution is 0.412. The Bertz CT molecular complexity index is 569. The molecule has 6 heteroatoms. The summed E-state index contributed by atoms with van der Waals surface area (Å²) in [5.41, 5.74) is 0.920. The lowest BCUT2D eigenvalue weighted by Crippen LogP contribution is -2.03. The molecule has 1 aromatic carbocycles. The highest BCUT2D eigenvalue weighted by Crippen LogP contribution is 2.35. The van der Waals surface area contributed by atoms with Gasteiger partial charge in [0.2, 0.25) is 5.95 Å². The molecule has 0 aliphatic rings. The Hall–Kier alpha value is -1.01. The number of ether oxygens (including phenoxy) is 1. The molecule has 0 amide bonds. The maximum Gasteiger partial charge on any atom is 0.207 e. The number of rotatable bonds is 5. The summed E-state index contributed by atoms with van der Waals surface area (Å²) >= 11 is 6.99. The Balaban J connectivity index is 2.30. The molecule has 102 valence electrons. The molecule has 0 bridgehead atoms. The smallest absolute Gasteiger partial charge is 0.207 e. The van der Waals surface area contributed by atoms with Crippen LogP contribution in [0, 0.1) is 0 Å². The minimum Gasteiger partial charge on any atom is -0.495 e. The van der Waals surface area contributed by atoms with Crippen molar-refractivity contribution >= 4 is 43.5 Å². The first-order valence-corrected chi connectivity index (χ1v) is 7.55. The van der Waals surface area contributed by atoms with Crippen molar-refractivity contribution in [1.82, 2.24) is 9.55 Å². The van der Waals surface area contributed by atoms with Gasteiger partial charge in [-0.25, -0.2) is 4.98 Å². The second-order valence-corrected chi connectivity index (χ2v) is 5.74. The molecule has 0 spiro atoms. The van der Waals surface area contributed by atoms with Crippen molar-refractivity contribution < 1.29 is 4.74 Å². The van der Waals surface area contributed by atoms with Gasteiger partial charge in [-0.1, -0.05) is 6.92 Å². The fourth-order valence-corrected chi connectivity index (χ4v) is 3.01. The Morgan fingerprint density at radius 2 is 2.11 bits per heavy atom. The van der Waals surface area contributed by atoms with Crippen LogP contribution >= 0.6 is 31.9 Å². The van der Waals surface area contributed by atoms with Crippen LogP contribution in [0.1, 0.15) is 13.3 Å². The predicted molar refractivity (Wildman–Crippen MR) is 84.2 cm³/mol. The van der Waals surface area contributed by atoms with Gasteiger partial charge in [0.1, 0.15) is 5.75 Å². The average Bonchev–Trinajstić information content (AvgIpc) is 2.80. The van der Waals surface area contributed by atoms with Gasteiger partial charge in [0.05, 0.1) is 17.3 Å². The van der Waals surface area contributed by atoms with Gasteiger partial charge in [0.15, 0.2) is 0 Å². The molecule has 0 saturated heterocycles. The van der Waals surface area contributed by atoms with Gasteiger partial charge in [-0.2, -0.15) is 0 Å². The van der Waals surface area contributed by atoms with E-state index in [0.29, 0.717) is 0 Å². The molecule has 0 radical (unpaired) electrons. The van der Waals surface area contributed by atoms with Crippen LogP contribution in [-0.2, 0) is 6.54 Å². The maximum absolute atomic E-state index is 5.30. The number of methoxy groups -OCH3 is 1. The number of nitrogens with one attached hydrogen (secondary N) is 1. The molecule has 0 aliphatic heterocycles. The van der Waals surface area contributed by atoms with Crippen LogP contribution < -0.4 is 10.1 Å². The summed E-state index contributed by atoms with van der Waals surface area (Å²) in [7, 11) is 1.65. The van der Waals surface area contributed by atoms with Crippen molar-refractivity contribution in [1.29, 1.82) is 0 Å². The molecule has 0 fully saturated rings. The minimum absolute atomic E-state index is 0.777. The van der Waals surface area contributed by atoms with E-state index in [4.69, 9.17) is 4.74 Å². The largest absolute Gasteiger partial charge is 0.495 e. The lowest BCUT2D eigenvalue weighted by Gasteiger charge is -2.12. The number of nitrogens with zero attached hydrogens (tertiary/aromatic N) is 2. The van der Waals surface area contributed by atoms with Crippen molar-refractivity contribution in [2.75, 3.05) is 12.4 Å². The number of halogens is 2. The molecule has 0 unspecified atom stereocenters. The Morgan fingerprint density at radius 3 is 2.79 bits per heavy atom. The Kier molecular flexibility index (Phi) is 4.87. The van der Waals surface area contributed by atoms with Crippen molar-refractivity contribution in [3.8, 4) is 5.75 Å². The highest BCUT2D eigenvalue weighted by atomic mass is 79.9. The summed E-state index contributed by atoms with van der Waals surface area (Å²) in [5, 5.41) is 3.31. The molecule has 0 saturated carbocycles. The van der Waals surface area contributed by atoms with Crippen LogP contribution in [0.15, 0.2) is 33.5 Å². The van der Waals surface area contributed by atoms with E-state index >= 15 is 0 Å². The number of hydrogen-bond donors (Lipinski definition) is 1. The number of hydrogen-bond acceptors (Lipinski definition) is 3. The zero-order valence-electron chi connectivity index (χ0n) is 10.8. The van der Waals surface area contributed by atoms with Gasteiger partial charge < -0.3 is 14.6 Å². The van der Waals surface area contributed by atoms with Gasteiger partial charge in [-0.05, 0) is 44.3 Å². The third kappa shape index (κ3) is 3.30. The minimum atomic E-state index is 0.777. The zero-order valence-corrected chi connectivity index (χ0v) is 14.0. The van der Waals surface area contributed by atoms with Crippen LogP contribution in [0.5, 0.6) is 5.75 Å². The number of imidazole rings is 1. The van der Waals surface area contributed by atoms with Gasteiger partial charge in [0.25, 0.3) is 0 Å². The number of anilines is 2. The molecule has 1 N–H and O–H groups in total. The molecule has 2 aromatic rings. The average molecular weight is 389 g/mol. The van der Waals surface area contributed by atoms with Gasteiger partial charge >= 0.3 is 0 Å². The van der Waals surface area contributed by atoms with E-state index in [1.54, 1.807) is 13.3 Å². The summed E-state index contributed by atoms with van der Waals surface area (Å²) in [6, 6.07) is 3.88. The third-order valence-electron chi connectivity index (χ3n) is 2.67. The molecule has 19 heavy (non-hydrogen) atoms. The monoisotopic (exact) mass is 387 g/mol. The van der Waals surface area contributed by atoms with Crippen molar-refractivity contribution in [3.63, 3.8) is 0 Å². The van der Waals surface area contributed by atoms with Crippen molar-refractivity contribution in [3.05, 3.63) is 33.5 Å². The van der Waals surface area contributed by atoms with E-state index < -0.39 is 0 Å². The fourth-order valence-electron chi connectivity index (χ4n) is 1.76. The summed E-state index contributed by atoms with van der Waals surface area (Å²) in [5.74, 6) is 1.60. The van der Waals surface area contributed by atoms with Gasteiger partial charge in [-0.3, -0.25) is 0 Å². The van der Waals surface area contributed by atoms with E-state index in [-0.39, 0.29) is 0 Å². The predicted octanol–water partition coefficient (Wildman–Crippen LogP) is 4.57. The second-order valence-electron chi connectivity index (χ2n) is 4.04. The highest BCUT2D eigenvalue weighted by Gasteiger charge is 2.09. The topological polar surface area (TPSA) is 39.1 Å². The first-order valence-electron chi connectivity index (χ1n) is 5.97.